The summed E-state index contributed by atoms with van der Waals surface area (Å²) in [4.78, 5) is 14.4. The van der Waals surface area contributed by atoms with Crippen LogP contribution in [0.3, 0.4) is 0 Å². The van der Waals surface area contributed by atoms with Gasteiger partial charge in [-0.2, -0.15) is 8.78 Å². The second kappa shape index (κ2) is 8.21. The van der Waals surface area contributed by atoms with E-state index in [0.29, 0.717) is 5.92 Å². The molecule has 1 saturated heterocycles. The van der Waals surface area contributed by atoms with Gasteiger partial charge in [0.05, 0.1) is 11.7 Å². The van der Waals surface area contributed by atoms with Gasteiger partial charge in [0.2, 0.25) is 5.91 Å². The van der Waals surface area contributed by atoms with Crippen molar-refractivity contribution in [3.8, 4) is 5.75 Å². The van der Waals surface area contributed by atoms with Crippen molar-refractivity contribution in [1.29, 1.82) is 0 Å². The lowest BCUT2D eigenvalue weighted by molar-refractivity contribution is -0.121. The van der Waals surface area contributed by atoms with E-state index >= 15 is 0 Å². The smallest absolute Gasteiger partial charge is 0.387 e. The highest BCUT2D eigenvalue weighted by Gasteiger charge is 2.26. The van der Waals surface area contributed by atoms with Crippen molar-refractivity contribution in [1.82, 2.24) is 4.90 Å². The number of piperidine rings is 1. The van der Waals surface area contributed by atoms with Gasteiger partial charge in [0.1, 0.15) is 5.75 Å². The van der Waals surface area contributed by atoms with Gasteiger partial charge in [0, 0.05) is 6.61 Å². The van der Waals surface area contributed by atoms with E-state index in [1.165, 1.54) is 12.1 Å². The monoisotopic (exact) mass is 328 g/mol. The summed E-state index contributed by atoms with van der Waals surface area (Å²) in [7, 11) is 0. The first-order valence-electron chi connectivity index (χ1n) is 7.71. The Morgan fingerprint density at radius 1 is 1.39 bits per heavy atom. The third-order valence-electron chi connectivity index (χ3n) is 4.20. The molecule has 0 radical (unpaired) electrons. The Labute approximate surface area is 134 Å². The summed E-state index contributed by atoms with van der Waals surface area (Å²) in [5.74, 6) is -0.0264. The number of aliphatic hydroxyl groups excluding tert-OH is 1. The summed E-state index contributed by atoms with van der Waals surface area (Å²) >= 11 is 0. The van der Waals surface area contributed by atoms with E-state index in [-0.39, 0.29) is 30.0 Å². The Morgan fingerprint density at radius 2 is 2.04 bits per heavy atom. The van der Waals surface area contributed by atoms with Crippen LogP contribution in [0.5, 0.6) is 5.75 Å². The van der Waals surface area contributed by atoms with Gasteiger partial charge < -0.3 is 15.2 Å². The van der Waals surface area contributed by atoms with E-state index in [9.17, 15) is 13.6 Å². The topological polar surface area (TPSA) is 61.8 Å². The largest absolute Gasteiger partial charge is 0.433 e. The van der Waals surface area contributed by atoms with Crippen molar-refractivity contribution in [2.24, 2.45) is 5.92 Å². The summed E-state index contributed by atoms with van der Waals surface area (Å²) < 4.78 is 29.2. The standard InChI is InChI=1S/C16H22F2N2O3/c1-11(20-8-6-12(10-21)7-9-20)15(22)19-13-4-2-3-5-14(13)23-16(17)18/h2-5,11-12,16,21H,6-10H2,1H3,(H,19,22). The van der Waals surface area contributed by atoms with E-state index in [4.69, 9.17) is 5.11 Å². The molecule has 0 spiro atoms. The Bertz CT molecular complexity index is 520. The third kappa shape index (κ3) is 4.87. The number of hydrogen-bond acceptors (Lipinski definition) is 4. The molecule has 0 aliphatic carbocycles. The van der Waals surface area contributed by atoms with E-state index in [1.807, 2.05) is 4.90 Å². The van der Waals surface area contributed by atoms with Crippen LogP contribution in [0, 0.1) is 5.92 Å². The van der Waals surface area contributed by atoms with Gasteiger partial charge in [0.15, 0.2) is 0 Å². The van der Waals surface area contributed by atoms with Crippen LogP contribution in [0.25, 0.3) is 0 Å². The minimum atomic E-state index is -2.94. The number of hydrogen-bond donors (Lipinski definition) is 2. The molecule has 0 aromatic heterocycles. The minimum absolute atomic E-state index is 0.0537. The number of nitrogens with zero attached hydrogens (tertiary/aromatic N) is 1. The Kier molecular flexibility index (Phi) is 6.29. The predicted octanol–water partition coefficient (Wildman–Crippen LogP) is 2.32. The fourth-order valence-electron chi connectivity index (χ4n) is 2.69. The number of ether oxygens (including phenoxy) is 1. The molecular formula is C16H22F2N2O3. The molecule has 1 aromatic rings. The summed E-state index contributed by atoms with van der Waals surface area (Å²) in [6.45, 7) is 0.477. The first-order chi connectivity index (χ1) is 11.0. The summed E-state index contributed by atoms with van der Waals surface area (Å²) in [5, 5.41) is 11.8. The van der Waals surface area contributed by atoms with E-state index in [0.717, 1.165) is 25.9 Å². The molecule has 2 N–H and O–H groups in total. The molecule has 2 rings (SSSR count). The molecular weight excluding hydrogens is 306 g/mol. The van der Waals surface area contributed by atoms with Crippen molar-refractivity contribution in [2.75, 3.05) is 25.0 Å². The Balaban J connectivity index is 1.96. The maximum Gasteiger partial charge on any atom is 0.387 e. The molecule has 23 heavy (non-hydrogen) atoms. The second-order valence-corrected chi connectivity index (χ2v) is 5.70. The average molecular weight is 328 g/mol. The number of para-hydroxylation sites is 2. The van der Waals surface area contributed by atoms with Gasteiger partial charge in [-0.3, -0.25) is 9.69 Å². The van der Waals surface area contributed by atoms with Crippen molar-refractivity contribution >= 4 is 11.6 Å². The predicted molar refractivity (Wildman–Crippen MR) is 82.5 cm³/mol. The fourth-order valence-corrected chi connectivity index (χ4v) is 2.69. The number of benzene rings is 1. The molecule has 128 valence electrons. The van der Waals surface area contributed by atoms with Crippen molar-refractivity contribution in [3.05, 3.63) is 24.3 Å². The zero-order valence-corrected chi connectivity index (χ0v) is 13.0. The van der Waals surface area contributed by atoms with Gasteiger partial charge in [0.25, 0.3) is 0 Å². The fraction of sp³-hybridized carbons (Fsp3) is 0.562. The Hall–Kier alpha value is -1.73. The van der Waals surface area contributed by atoms with Crippen molar-refractivity contribution < 1.29 is 23.4 Å². The van der Waals surface area contributed by atoms with Crippen LogP contribution >= 0.6 is 0 Å². The molecule has 1 atom stereocenters. The quantitative estimate of drug-likeness (QED) is 0.841. The van der Waals surface area contributed by atoms with Gasteiger partial charge in [-0.25, -0.2) is 0 Å². The maximum atomic E-state index is 12.4. The highest BCUT2D eigenvalue weighted by Crippen LogP contribution is 2.26. The van der Waals surface area contributed by atoms with Crippen LogP contribution in [0.4, 0.5) is 14.5 Å². The lowest BCUT2D eigenvalue weighted by Gasteiger charge is -2.34. The number of carbonyl (C=O) groups is 1. The van der Waals surface area contributed by atoms with Crippen LogP contribution in [-0.4, -0.2) is 48.3 Å². The number of rotatable bonds is 6. The van der Waals surface area contributed by atoms with E-state index < -0.39 is 6.61 Å². The zero-order valence-electron chi connectivity index (χ0n) is 13.0. The zero-order chi connectivity index (χ0) is 16.8. The number of halogens is 2. The van der Waals surface area contributed by atoms with Crippen LogP contribution < -0.4 is 10.1 Å². The molecule has 1 amide bonds. The third-order valence-corrected chi connectivity index (χ3v) is 4.20. The van der Waals surface area contributed by atoms with Crippen LogP contribution in [0.2, 0.25) is 0 Å². The molecule has 1 fully saturated rings. The molecule has 1 aliphatic heterocycles. The van der Waals surface area contributed by atoms with Gasteiger partial charge in [-0.05, 0) is 50.9 Å². The highest BCUT2D eigenvalue weighted by molar-refractivity contribution is 5.95. The average Bonchev–Trinajstić information content (AvgIpc) is 2.55. The molecule has 0 saturated carbocycles. The molecule has 5 nitrogen and oxygen atoms in total. The van der Waals surface area contributed by atoms with Crippen LogP contribution in [0.15, 0.2) is 24.3 Å². The lowest BCUT2D eigenvalue weighted by atomic mass is 9.97. The normalized spacial score (nSPS) is 18.0. The number of nitrogens with one attached hydrogen (secondary N) is 1. The van der Waals surface area contributed by atoms with Crippen LogP contribution in [0.1, 0.15) is 19.8 Å². The first kappa shape index (κ1) is 17.6. The number of carbonyl (C=O) groups excluding carboxylic acids is 1. The molecule has 1 aromatic carbocycles. The summed E-state index contributed by atoms with van der Waals surface area (Å²) in [5.41, 5.74) is 0.231. The van der Waals surface area contributed by atoms with E-state index in [2.05, 4.69) is 10.1 Å². The van der Waals surface area contributed by atoms with Crippen molar-refractivity contribution in [2.45, 2.75) is 32.4 Å². The number of alkyl halides is 2. The number of anilines is 1. The van der Waals surface area contributed by atoms with E-state index in [1.54, 1.807) is 19.1 Å². The first-order valence-corrected chi connectivity index (χ1v) is 7.71. The van der Waals surface area contributed by atoms with Gasteiger partial charge in [-0.15, -0.1) is 0 Å². The number of likely N-dealkylation sites (tertiary alicyclic amines) is 1. The molecule has 1 heterocycles. The van der Waals surface area contributed by atoms with Gasteiger partial charge >= 0.3 is 6.61 Å². The Morgan fingerprint density at radius 3 is 2.65 bits per heavy atom. The SMILES string of the molecule is CC(C(=O)Nc1ccccc1OC(F)F)N1CCC(CO)CC1. The molecule has 7 heteroatoms. The molecule has 1 aliphatic rings. The second-order valence-electron chi connectivity index (χ2n) is 5.70. The molecule has 1 unspecified atom stereocenters. The number of amides is 1. The minimum Gasteiger partial charge on any atom is -0.433 e. The van der Waals surface area contributed by atoms with Gasteiger partial charge in [-0.1, -0.05) is 12.1 Å². The number of aliphatic hydroxyl groups is 1. The van der Waals surface area contributed by atoms with Crippen molar-refractivity contribution in [3.63, 3.8) is 0 Å². The molecule has 0 bridgehead atoms. The summed E-state index contributed by atoms with van der Waals surface area (Å²) in [6.07, 6.45) is 1.69. The maximum absolute atomic E-state index is 12.4. The van der Waals surface area contributed by atoms with Crippen LogP contribution in [-0.2, 0) is 4.79 Å². The summed E-state index contributed by atoms with van der Waals surface area (Å²) in [6, 6.07) is 5.75. The highest BCUT2D eigenvalue weighted by atomic mass is 19.3. The lowest BCUT2D eigenvalue weighted by Crippen LogP contribution is -2.46.